The number of Topliss-reactive ketones (excluding diaryl/α,β-unsaturated/α-hetero) is 1. The quantitative estimate of drug-likeness (QED) is 0.861. The Morgan fingerprint density at radius 2 is 1.59 bits per heavy atom. The molecular weight excluding hydrogens is 297 g/mol. The van der Waals surface area contributed by atoms with Gasteiger partial charge in [-0.1, -0.05) is 24.3 Å². The van der Waals surface area contributed by atoms with E-state index in [4.69, 9.17) is 0 Å². The first kappa shape index (κ1) is 15.8. The first-order valence-electron chi connectivity index (χ1n) is 6.26. The van der Waals surface area contributed by atoms with Gasteiger partial charge in [0.25, 0.3) is 0 Å². The molecule has 0 fully saturated rings. The molecule has 2 aromatic carbocycles. The maximum Gasteiger partial charge on any atom is 0.416 e. The molecule has 2 aromatic rings. The number of rotatable bonds is 3. The molecule has 0 aliphatic heterocycles. The summed E-state index contributed by atoms with van der Waals surface area (Å²) in [5.41, 5.74) is -0.124. The van der Waals surface area contributed by atoms with Gasteiger partial charge in [0, 0.05) is 5.56 Å². The van der Waals surface area contributed by atoms with E-state index >= 15 is 0 Å². The highest BCUT2D eigenvalue weighted by atomic mass is 19.4. The zero-order valence-electron chi connectivity index (χ0n) is 11.4. The Kier molecular flexibility index (Phi) is 4.03. The van der Waals surface area contributed by atoms with Crippen molar-refractivity contribution in [2.45, 2.75) is 13.1 Å². The summed E-state index contributed by atoms with van der Waals surface area (Å²) in [5.74, 6) is -1.54. The molecule has 0 aromatic heterocycles. The molecule has 2 rings (SSSR count). The number of alkyl halides is 3. The zero-order valence-corrected chi connectivity index (χ0v) is 11.4. The molecule has 0 unspecified atom stereocenters. The monoisotopic (exact) mass is 308 g/mol. The number of carbonyl (C=O) groups excluding carboxylic acids is 1. The molecule has 0 heterocycles. The molecule has 114 valence electrons. The van der Waals surface area contributed by atoms with E-state index in [0.717, 1.165) is 12.1 Å². The van der Waals surface area contributed by atoms with Gasteiger partial charge in [-0.3, -0.25) is 4.79 Å². The molecule has 22 heavy (non-hydrogen) atoms. The summed E-state index contributed by atoms with van der Waals surface area (Å²) in [5, 5.41) is 9.23. The molecule has 0 aliphatic carbocycles. The number of hydrogen-bond donors (Lipinski definition) is 1. The van der Waals surface area contributed by atoms with Crippen molar-refractivity contribution in [2.24, 2.45) is 0 Å². The van der Waals surface area contributed by atoms with Crippen molar-refractivity contribution in [2.75, 3.05) is 0 Å². The van der Waals surface area contributed by atoms with Crippen LogP contribution in [0.3, 0.4) is 0 Å². The Morgan fingerprint density at radius 1 is 1.00 bits per heavy atom. The number of carboxylic acid groups (broad SMARTS) is 1. The third kappa shape index (κ3) is 3.16. The predicted octanol–water partition coefficient (Wildman–Crippen LogP) is 4.27. The second kappa shape index (κ2) is 5.63. The molecule has 1 N–H and O–H groups in total. The summed E-state index contributed by atoms with van der Waals surface area (Å²) in [4.78, 5) is 22.6. The fourth-order valence-corrected chi connectivity index (χ4v) is 2.03. The van der Waals surface area contributed by atoms with Crippen LogP contribution in [0.4, 0.5) is 13.2 Å². The summed E-state index contributed by atoms with van der Waals surface area (Å²) in [7, 11) is 0. The van der Waals surface area contributed by atoms with Gasteiger partial charge < -0.3 is 5.11 Å². The fourth-order valence-electron chi connectivity index (χ4n) is 2.03. The molecule has 0 saturated carbocycles. The van der Waals surface area contributed by atoms with Crippen LogP contribution in [0, 0.1) is 0 Å². The first-order chi connectivity index (χ1) is 10.2. The van der Waals surface area contributed by atoms with E-state index in [9.17, 15) is 27.9 Å². The number of aromatic carboxylic acids is 1. The van der Waals surface area contributed by atoms with Crippen molar-refractivity contribution in [1.29, 1.82) is 0 Å². The highest BCUT2D eigenvalue weighted by Gasteiger charge is 2.30. The Balaban J connectivity index is 2.52. The van der Waals surface area contributed by atoms with Crippen LogP contribution in [0.25, 0.3) is 11.1 Å². The van der Waals surface area contributed by atoms with E-state index in [1.807, 2.05) is 0 Å². The summed E-state index contributed by atoms with van der Waals surface area (Å²) in [6.07, 6.45) is -4.45. The average molecular weight is 308 g/mol. The molecule has 0 radical (unpaired) electrons. The number of carbonyl (C=O) groups is 2. The van der Waals surface area contributed by atoms with E-state index < -0.39 is 17.7 Å². The predicted molar refractivity (Wildman–Crippen MR) is 73.8 cm³/mol. The summed E-state index contributed by atoms with van der Waals surface area (Å²) in [6.45, 7) is 1.30. The Morgan fingerprint density at radius 3 is 2.05 bits per heavy atom. The molecule has 0 atom stereocenters. The molecule has 0 aliphatic rings. The van der Waals surface area contributed by atoms with Crippen LogP contribution < -0.4 is 0 Å². The fraction of sp³-hybridized carbons (Fsp3) is 0.125. The van der Waals surface area contributed by atoms with Gasteiger partial charge >= 0.3 is 12.1 Å². The minimum Gasteiger partial charge on any atom is -0.478 e. The van der Waals surface area contributed by atoms with Gasteiger partial charge in [0.1, 0.15) is 0 Å². The summed E-state index contributed by atoms with van der Waals surface area (Å²) >= 11 is 0. The van der Waals surface area contributed by atoms with Crippen LogP contribution in [0.5, 0.6) is 0 Å². The Labute approximate surface area is 124 Å². The number of benzene rings is 2. The second-order valence-corrected chi connectivity index (χ2v) is 4.70. The molecule has 0 saturated heterocycles. The van der Waals surface area contributed by atoms with E-state index in [1.165, 1.54) is 37.3 Å². The van der Waals surface area contributed by atoms with Crippen molar-refractivity contribution in [3.8, 4) is 11.1 Å². The third-order valence-corrected chi connectivity index (χ3v) is 3.18. The molecule has 6 heteroatoms. The normalized spacial score (nSPS) is 11.3. The van der Waals surface area contributed by atoms with Gasteiger partial charge in [0.2, 0.25) is 0 Å². The zero-order chi connectivity index (χ0) is 16.5. The van der Waals surface area contributed by atoms with Gasteiger partial charge in [-0.05, 0) is 36.2 Å². The van der Waals surface area contributed by atoms with Crippen molar-refractivity contribution in [3.05, 3.63) is 59.2 Å². The SMILES string of the molecule is CC(=O)c1ccc(-c2ccc(C(F)(F)F)cc2)c(C(=O)O)c1. The molecule has 0 amide bonds. The van der Waals surface area contributed by atoms with Gasteiger partial charge in [-0.2, -0.15) is 13.2 Å². The van der Waals surface area contributed by atoms with Crippen LogP contribution in [-0.4, -0.2) is 16.9 Å². The van der Waals surface area contributed by atoms with Gasteiger partial charge in [0.05, 0.1) is 11.1 Å². The van der Waals surface area contributed by atoms with Crippen LogP contribution >= 0.6 is 0 Å². The van der Waals surface area contributed by atoms with Crippen LogP contribution in [-0.2, 0) is 6.18 Å². The molecular formula is C16H11F3O3. The van der Waals surface area contributed by atoms with Crippen molar-refractivity contribution < 1.29 is 27.9 Å². The largest absolute Gasteiger partial charge is 0.478 e. The number of hydrogen-bond acceptors (Lipinski definition) is 2. The number of halogens is 3. The van der Waals surface area contributed by atoms with Gasteiger partial charge in [0.15, 0.2) is 5.78 Å². The van der Waals surface area contributed by atoms with E-state index in [-0.39, 0.29) is 22.5 Å². The highest BCUT2D eigenvalue weighted by molar-refractivity contribution is 6.01. The smallest absolute Gasteiger partial charge is 0.416 e. The minimum absolute atomic E-state index is 0.132. The minimum atomic E-state index is -4.45. The standard InChI is InChI=1S/C16H11F3O3/c1-9(20)11-4-7-13(14(8-11)15(21)22)10-2-5-12(6-3-10)16(17,18)19/h2-8H,1H3,(H,21,22). The second-order valence-electron chi connectivity index (χ2n) is 4.70. The molecule has 0 bridgehead atoms. The van der Waals surface area contributed by atoms with E-state index in [1.54, 1.807) is 0 Å². The van der Waals surface area contributed by atoms with Crippen LogP contribution in [0.1, 0.15) is 33.2 Å². The topological polar surface area (TPSA) is 54.4 Å². The highest BCUT2D eigenvalue weighted by Crippen LogP contribution is 2.32. The maximum atomic E-state index is 12.5. The Bertz CT molecular complexity index is 731. The van der Waals surface area contributed by atoms with Gasteiger partial charge in [-0.25, -0.2) is 4.79 Å². The average Bonchev–Trinajstić information content (AvgIpc) is 2.45. The number of ketones is 1. The van der Waals surface area contributed by atoms with E-state index in [2.05, 4.69) is 0 Å². The lowest BCUT2D eigenvalue weighted by atomic mass is 9.96. The number of carboxylic acids is 1. The molecule has 0 spiro atoms. The Hall–Kier alpha value is -2.63. The van der Waals surface area contributed by atoms with Crippen LogP contribution in [0.15, 0.2) is 42.5 Å². The maximum absolute atomic E-state index is 12.5. The lowest BCUT2D eigenvalue weighted by Gasteiger charge is -2.10. The van der Waals surface area contributed by atoms with Crippen molar-refractivity contribution >= 4 is 11.8 Å². The summed E-state index contributed by atoms with van der Waals surface area (Å²) in [6, 6.07) is 8.28. The molecule has 3 nitrogen and oxygen atoms in total. The first-order valence-corrected chi connectivity index (χ1v) is 6.26. The van der Waals surface area contributed by atoms with Gasteiger partial charge in [-0.15, -0.1) is 0 Å². The van der Waals surface area contributed by atoms with Crippen molar-refractivity contribution in [1.82, 2.24) is 0 Å². The third-order valence-electron chi connectivity index (χ3n) is 3.18. The lowest BCUT2D eigenvalue weighted by molar-refractivity contribution is -0.137. The lowest BCUT2D eigenvalue weighted by Crippen LogP contribution is -2.05. The van der Waals surface area contributed by atoms with Crippen molar-refractivity contribution in [3.63, 3.8) is 0 Å². The summed E-state index contributed by atoms with van der Waals surface area (Å²) < 4.78 is 37.6. The van der Waals surface area contributed by atoms with Crippen LogP contribution in [0.2, 0.25) is 0 Å². The van der Waals surface area contributed by atoms with E-state index in [0.29, 0.717) is 5.56 Å².